The molecule has 0 bridgehead atoms. The van der Waals surface area contributed by atoms with E-state index in [1.54, 1.807) is 0 Å². The maximum atomic E-state index is 12.3. The monoisotopic (exact) mass is 460 g/mol. The minimum absolute atomic E-state index is 0.0426. The summed E-state index contributed by atoms with van der Waals surface area (Å²) in [5.41, 5.74) is 3.30. The predicted molar refractivity (Wildman–Crippen MR) is 121 cm³/mol. The fourth-order valence-electron chi connectivity index (χ4n) is 2.96. The summed E-state index contributed by atoms with van der Waals surface area (Å²) >= 11 is 4.98. The normalized spacial score (nSPS) is 11.2. The Morgan fingerprint density at radius 2 is 2.07 bits per heavy atom. The number of hydrogen-bond donors (Lipinski definition) is 1. The molecule has 0 atom stereocenters. The first-order valence-electron chi connectivity index (χ1n) is 9.58. The number of carbonyl (C=O) groups excluding carboxylic acids is 1. The van der Waals surface area contributed by atoms with E-state index in [0.29, 0.717) is 11.0 Å². The third-order valence-electron chi connectivity index (χ3n) is 4.47. The van der Waals surface area contributed by atoms with Gasteiger partial charge in [-0.2, -0.15) is 0 Å². The molecule has 28 heavy (non-hydrogen) atoms. The molecule has 148 valence electrons. The molecule has 0 saturated carbocycles. The van der Waals surface area contributed by atoms with E-state index in [-0.39, 0.29) is 12.5 Å². The van der Waals surface area contributed by atoms with Crippen molar-refractivity contribution in [1.29, 1.82) is 0 Å². The van der Waals surface area contributed by atoms with Crippen molar-refractivity contribution < 1.29 is 9.53 Å². The Morgan fingerprint density at radius 1 is 1.25 bits per heavy atom. The molecule has 3 aromatic rings. The van der Waals surface area contributed by atoms with Crippen LogP contribution in [0.25, 0.3) is 10.2 Å². The Balaban J connectivity index is 1.63. The highest BCUT2D eigenvalue weighted by molar-refractivity contribution is 9.10. The molecule has 0 spiro atoms. The van der Waals surface area contributed by atoms with E-state index in [9.17, 15) is 4.79 Å². The predicted octanol–water partition coefficient (Wildman–Crippen LogP) is 6.54. The number of nitrogens with zero attached hydrogens (tertiary/aromatic N) is 1. The number of carbonyl (C=O) groups is 1. The lowest BCUT2D eigenvalue weighted by atomic mass is 10.0. The summed E-state index contributed by atoms with van der Waals surface area (Å²) in [4.78, 5) is 16.9. The molecule has 1 amide bonds. The van der Waals surface area contributed by atoms with Crippen molar-refractivity contribution in [3.8, 4) is 5.75 Å². The molecule has 0 aliphatic carbocycles. The number of ether oxygens (including phenoxy) is 1. The Labute approximate surface area is 178 Å². The lowest BCUT2D eigenvalue weighted by Crippen LogP contribution is -2.20. The van der Waals surface area contributed by atoms with Gasteiger partial charge in [0.1, 0.15) is 5.75 Å². The van der Waals surface area contributed by atoms with Gasteiger partial charge >= 0.3 is 0 Å². The van der Waals surface area contributed by atoms with Crippen molar-refractivity contribution in [1.82, 2.24) is 4.98 Å². The van der Waals surface area contributed by atoms with E-state index in [0.717, 1.165) is 32.4 Å². The molecule has 6 heteroatoms. The zero-order valence-electron chi connectivity index (χ0n) is 16.4. The number of rotatable bonds is 8. The van der Waals surface area contributed by atoms with Gasteiger partial charge in [0.2, 0.25) is 0 Å². The van der Waals surface area contributed by atoms with Gasteiger partial charge in [-0.25, -0.2) is 4.98 Å². The first-order chi connectivity index (χ1) is 13.5. The third kappa shape index (κ3) is 5.32. The summed E-state index contributed by atoms with van der Waals surface area (Å²) in [6.45, 7) is 6.35. The molecule has 0 fully saturated rings. The van der Waals surface area contributed by atoms with Gasteiger partial charge in [0.05, 0.1) is 10.2 Å². The van der Waals surface area contributed by atoms with Gasteiger partial charge in [0.25, 0.3) is 5.91 Å². The molecule has 3 rings (SSSR count). The van der Waals surface area contributed by atoms with Gasteiger partial charge in [-0.05, 0) is 60.2 Å². The SMILES string of the molecule is CCCCc1ccc2nc(NC(=O)COc3ccc(Br)cc3C(C)C)sc2c1. The second-order valence-electron chi connectivity index (χ2n) is 7.10. The minimum Gasteiger partial charge on any atom is -0.483 e. The first kappa shape index (κ1) is 20.8. The first-order valence-corrected chi connectivity index (χ1v) is 11.2. The number of amides is 1. The van der Waals surface area contributed by atoms with E-state index in [1.165, 1.54) is 29.7 Å². The number of anilines is 1. The summed E-state index contributed by atoms with van der Waals surface area (Å²) in [5, 5.41) is 3.47. The summed E-state index contributed by atoms with van der Waals surface area (Å²) in [6, 6.07) is 12.2. The Kier molecular flexibility index (Phi) is 7.08. The van der Waals surface area contributed by atoms with Crippen LogP contribution in [0.4, 0.5) is 5.13 Å². The van der Waals surface area contributed by atoms with Gasteiger partial charge in [0, 0.05) is 4.47 Å². The highest BCUT2D eigenvalue weighted by Crippen LogP contribution is 2.30. The quantitative estimate of drug-likeness (QED) is 0.414. The van der Waals surface area contributed by atoms with Crippen LogP contribution in [0.2, 0.25) is 0 Å². The van der Waals surface area contributed by atoms with Crippen LogP contribution in [0.15, 0.2) is 40.9 Å². The number of benzene rings is 2. The van der Waals surface area contributed by atoms with Crippen LogP contribution in [0, 0.1) is 0 Å². The highest BCUT2D eigenvalue weighted by atomic mass is 79.9. The second-order valence-corrected chi connectivity index (χ2v) is 9.04. The van der Waals surface area contributed by atoms with Gasteiger partial charge < -0.3 is 4.74 Å². The second kappa shape index (κ2) is 9.52. The summed E-state index contributed by atoms with van der Waals surface area (Å²) in [5.74, 6) is 0.836. The Bertz CT molecular complexity index is 968. The lowest BCUT2D eigenvalue weighted by molar-refractivity contribution is -0.118. The number of unbranched alkanes of at least 4 members (excludes halogenated alkanes) is 1. The molecule has 1 aromatic heterocycles. The zero-order valence-corrected chi connectivity index (χ0v) is 18.8. The smallest absolute Gasteiger partial charge is 0.264 e. The molecular weight excluding hydrogens is 436 g/mol. The van der Waals surface area contributed by atoms with Crippen molar-refractivity contribution in [2.45, 2.75) is 46.0 Å². The van der Waals surface area contributed by atoms with Crippen LogP contribution >= 0.6 is 27.3 Å². The average Bonchev–Trinajstić information content (AvgIpc) is 3.06. The molecule has 4 nitrogen and oxygen atoms in total. The van der Waals surface area contributed by atoms with Crippen molar-refractivity contribution in [3.63, 3.8) is 0 Å². The molecule has 0 radical (unpaired) electrons. The van der Waals surface area contributed by atoms with Crippen molar-refractivity contribution >= 4 is 48.5 Å². The van der Waals surface area contributed by atoms with Crippen molar-refractivity contribution in [3.05, 3.63) is 52.0 Å². The van der Waals surface area contributed by atoms with Crippen LogP contribution in [0.3, 0.4) is 0 Å². The standard InChI is InChI=1S/C22H25BrN2O2S/c1-4-5-6-15-7-9-18-20(11-15)28-22(24-18)25-21(26)13-27-19-10-8-16(23)12-17(19)14(2)3/h7-12,14H,4-6,13H2,1-3H3,(H,24,25,26). The van der Waals surface area contributed by atoms with Crippen LogP contribution in [0.5, 0.6) is 5.75 Å². The maximum absolute atomic E-state index is 12.3. The Hall–Kier alpha value is -1.92. The number of thiazole rings is 1. The van der Waals surface area contributed by atoms with Gasteiger partial charge in [-0.3, -0.25) is 10.1 Å². The molecule has 0 saturated heterocycles. The maximum Gasteiger partial charge on any atom is 0.264 e. The number of fused-ring (bicyclic) bond motifs is 1. The highest BCUT2D eigenvalue weighted by Gasteiger charge is 2.12. The molecule has 0 aliphatic heterocycles. The number of nitrogens with one attached hydrogen (secondary N) is 1. The van der Waals surface area contributed by atoms with Crippen molar-refractivity contribution in [2.75, 3.05) is 11.9 Å². The van der Waals surface area contributed by atoms with Gasteiger partial charge in [-0.15, -0.1) is 0 Å². The molecule has 0 unspecified atom stereocenters. The largest absolute Gasteiger partial charge is 0.483 e. The molecular formula is C22H25BrN2O2S. The fraction of sp³-hybridized carbons (Fsp3) is 0.364. The van der Waals surface area contributed by atoms with Crippen LogP contribution in [-0.2, 0) is 11.2 Å². The molecule has 2 aromatic carbocycles. The van der Waals surface area contributed by atoms with E-state index in [4.69, 9.17) is 4.74 Å². The summed E-state index contributed by atoms with van der Waals surface area (Å²) in [6.07, 6.45) is 3.43. The van der Waals surface area contributed by atoms with E-state index in [2.05, 4.69) is 59.1 Å². The van der Waals surface area contributed by atoms with Gasteiger partial charge in [-0.1, -0.05) is 60.5 Å². The third-order valence-corrected chi connectivity index (χ3v) is 5.90. The fourth-order valence-corrected chi connectivity index (χ4v) is 4.28. The molecule has 0 aliphatic rings. The Morgan fingerprint density at radius 3 is 2.82 bits per heavy atom. The van der Waals surface area contributed by atoms with Crippen molar-refractivity contribution in [2.24, 2.45) is 0 Å². The summed E-state index contributed by atoms with van der Waals surface area (Å²) < 4.78 is 7.87. The van der Waals surface area contributed by atoms with E-state index >= 15 is 0 Å². The van der Waals surface area contributed by atoms with Crippen LogP contribution < -0.4 is 10.1 Å². The number of halogens is 1. The van der Waals surface area contributed by atoms with E-state index < -0.39 is 0 Å². The summed E-state index contributed by atoms with van der Waals surface area (Å²) in [7, 11) is 0. The number of hydrogen-bond acceptors (Lipinski definition) is 4. The number of aromatic nitrogens is 1. The minimum atomic E-state index is -0.206. The van der Waals surface area contributed by atoms with Crippen LogP contribution in [0.1, 0.15) is 50.7 Å². The lowest BCUT2D eigenvalue weighted by Gasteiger charge is -2.14. The average molecular weight is 461 g/mol. The molecule has 1 N–H and O–H groups in total. The van der Waals surface area contributed by atoms with E-state index in [1.807, 2.05) is 24.3 Å². The zero-order chi connectivity index (χ0) is 20.1. The topological polar surface area (TPSA) is 51.2 Å². The van der Waals surface area contributed by atoms with Gasteiger partial charge in [0.15, 0.2) is 11.7 Å². The molecule has 1 heterocycles. The van der Waals surface area contributed by atoms with Crippen LogP contribution in [-0.4, -0.2) is 17.5 Å². The number of aryl methyl sites for hydroxylation is 1.